The number of rotatable bonds is 2. The Morgan fingerprint density at radius 3 is 2.52 bits per heavy atom. The van der Waals surface area contributed by atoms with Crippen LogP contribution in [0.4, 0.5) is 10.6 Å². The molecule has 1 amide bonds. The van der Waals surface area contributed by atoms with Crippen LogP contribution in [0.25, 0.3) is 10.9 Å². The number of para-hydroxylation sites is 1. The van der Waals surface area contributed by atoms with Gasteiger partial charge in [0.15, 0.2) is 0 Å². The van der Waals surface area contributed by atoms with E-state index in [0.717, 1.165) is 0 Å². The third-order valence-corrected chi connectivity index (χ3v) is 2.58. The number of aromatic carboxylic acids is 1. The van der Waals surface area contributed by atoms with Crippen molar-refractivity contribution in [3.63, 3.8) is 0 Å². The highest BCUT2D eigenvalue weighted by atomic mass is 16.6. The van der Waals surface area contributed by atoms with Gasteiger partial charge in [0.1, 0.15) is 11.4 Å². The first-order chi connectivity index (χ1) is 9.76. The summed E-state index contributed by atoms with van der Waals surface area (Å²) >= 11 is 0. The quantitative estimate of drug-likeness (QED) is 0.885. The lowest BCUT2D eigenvalue weighted by atomic mass is 10.1. The molecule has 2 aromatic rings. The Labute approximate surface area is 121 Å². The molecule has 6 heteroatoms. The van der Waals surface area contributed by atoms with Crippen molar-refractivity contribution in [2.45, 2.75) is 26.4 Å². The molecule has 0 aliphatic carbocycles. The SMILES string of the molecule is CC(C)(C)OC(=O)Nc1cc(C(=O)O)c2ccccc2n1. The Morgan fingerprint density at radius 2 is 1.90 bits per heavy atom. The number of nitrogens with zero attached hydrogens (tertiary/aromatic N) is 1. The largest absolute Gasteiger partial charge is 0.478 e. The maximum Gasteiger partial charge on any atom is 0.413 e. The molecule has 0 unspecified atom stereocenters. The van der Waals surface area contributed by atoms with Crippen LogP contribution in [0.1, 0.15) is 31.1 Å². The van der Waals surface area contributed by atoms with Crippen LogP contribution in [0.3, 0.4) is 0 Å². The first-order valence-electron chi connectivity index (χ1n) is 6.39. The van der Waals surface area contributed by atoms with E-state index < -0.39 is 17.7 Å². The van der Waals surface area contributed by atoms with Crippen molar-refractivity contribution in [3.05, 3.63) is 35.9 Å². The summed E-state index contributed by atoms with van der Waals surface area (Å²) in [6.07, 6.45) is -0.679. The highest BCUT2D eigenvalue weighted by Crippen LogP contribution is 2.21. The minimum absolute atomic E-state index is 0.0756. The van der Waals surface area contributed by atoms with Gasteiger partial charge in [-0.25, -0.2) is 14.6 Å². The van der Waals surface area contributed by atoms with Crippen LogP contribution < -0.4 is 5.32 Å². The summed E-state index contributed by atoms with van der Waals surface area (Å²) in [5.74, 6) is -0.943. The zero-order chi connectivity index (χ0) is 15.6. The second-order valence-electron chi connectivity index (χ2n) is 5.50. The van der Waals surface area contributed by atoms with Crippen LogP contribution in [0.15, 0.2) is 30.3 Å². The molecule has 0 aliphatic heterocycles. The van der Waals surface area contributed by atoms with Crippen LogP contribution in [0.5, 0.6) is 0 Å². The van der Waals surface area contributed by atoms with Gasteiger partial charge in [-0.15, -0.1) is 0 Å². The van der Waals surface area contributed by atoms with Crippen molar-refractivity contribution in [2.75, 3.05) is 5.32 Å². The average molecular weight is 288 g/mol. The number of fused-ring (bicyclic) bond motifs is 1. The predicted molar refractivity (Wildman–Crippen MR) is 78.6 cm³/mol. The number of hydrogen-bond donors (Lipinski definition) is 2. The Bertz CT molecular complexity index is 704. The molecule has 1 aromatic heterocycles. The number of nitrogens with one attached hydrogen (secondary N) is 1. The molecule has 0 spiro atoms. The standard InChI is InChI=1S/C15H16N2O4/c1-15(2,3)21-14(20)17-12-8-10(13(18)19)9-6-4-5-7-11(9)16-12/h4-8H,1-3H3,(H,18,19)(H,16,17,20). The lowest BCUT2D eigenvalue weighted by Gasteiger charge is -2.19. The van der Waals surface area contributed by atoms with E-state index in [0.29, 0.717) is 10.9 Å². The Kier molecular flexibility index (Phi) is 3.80. The lowest BCUT2D eigenvalue weighted by Crippen LogP contribution is -2.27. The van der Waals surface area contributed by atoms with E-state index in [1.165, 1.54) is 6.07 Å². The molecule has 1 heterocycles. The fraction of sp³-hybridized carbons (Fsp3) is 0.267. The van der Waals surface area contributed by atoms with E-state index in [1.807, 2.05) is 0 Å². The first-order valence-corrected chi connectivity index (χ1v) is 6.39. The fourth-order valence-electron chi connectivity index (χ4n) is 1.82. The Balaban J connectivity index is 2.37. The zero-order valence-corrected chi connectivity index (χ0v) is 12.0. The molecule has 0 fully saturated rings. The molecular weight excluding hydrogens is 272 g/mol. The van der Waals surface area contributed by atoms with Gasteiger partial charge in [-0.1, -0.05) is 18.2 Å². The van der Waals surface area contributed by atoms with Crippen LogP contribution in [-0.2, 0) is 4.74 Å². The molecule has 2 N–H and O–H groups in total. The number of benzene rings is 1. The lowest BCUT2D eigenvalue weighted by molar-refractivity contribution is 0.0632. The zero-order valence-electron chi connectivity index (χ0n) is 12.0. The summed E-state index contributed by atoms with van der Waals surface area (Å²) in [6, 6.07) is 8.15. The topological polar surface area (TPSA) is 88.5 Å². The minimum atomic E-state index is -1.08. The van der Waals surface area contributed by atoms with E-state index in [9.17, 15) is 14.7 Å². The number of aromatic nitrogens is 1. The molecule has 0 atom stereocenters. The highest BCUT2D eigenvalue weighted by Gasteiger charge is 2.18. The number of anilines is 1. The number of ether oxygens (including phenoxy) is 1. The van der Waals surface area contributed by atoms with Gasteiger partial charge in [-0.05, 0) is 32.9 Å². The summed E-state index contributed by atoms with van der Waals surface area (Å²) in [6.45, 7) is 5.22. The summed E-state index contributed by atoms with van der Waals surface area (Å²) in [5, 5.41) is 12.2. The summed E-state index contributed by atoms with van der Waals surface area (Å²) in [7, 11) is 0. The van der Waals surface area contributed by atoms with Gasteiger partial charge in [-0.3, -0.25) is 5.32 Å². The van der Waals surface area contributed by atoms with E-state index in [-0.39, 0.29) is 11.4 Å². The number of pyridine rings is 1. The van der Waals surface area contributed by atoms with E-state index >= 15 is 0 Å². The fourth-order valence-corrected chi connectivity index (χ4v) is 1.82. The van der Waals surface area contributed by atoms with Gasteiger partial charge >= 0.3 is 12.1 Å². The van der Waals surface area contributed by atoms with Crippen molar-refractivity contribution in [1.82, 2.24) is 4.98 Å². The maximum atomic E-state index is 11.7. The van der Waals surface area contributed by atoms with Crippen molar-refractivity contribution in [2.24, 2.45) is 0 Å². The van der Waals surface area contributed by atoms with Crippen LogP contribution in [0.2, 0.25) is 0 Å². The van der Waals surface area contributed by atoms with Gasteiger partial charge in [0, 0.05) is 5.39 Å². The average Bonchev–Trinajstić information content (AvgIpc) is 2.35. The minimum Gasteiger partial charge on any atom is -0.478 e. The van der Waals surface area contributed by atoms with Crippen LogP contribution in [0, 0.1) is 0 Å². The van der Waals surface area contributed by atoms with Crippen LogP contribution >= 0.6 is 0 Å². The summed E-state index contributed by atoms with van der Waals surface area (Å²) in [5.41, 5.74) is -0.0774. The van der Waals surface area contributed by atoms with E-state index in [2.05, 4.69) is 10.3 Å². The molecule has 0 bridgehead atoms. The summed E-state index contributed by atoms with van der Waals surface area (Å²) in [4.78, 5) is 27.2. The van der Waals surface area contributed by atoms with Crippen molar-refractivity contribution < 1.29 is 19.4 Å². The van der Waals surface area contributed by atoms with Gasteiger partial charge in [-0.2, -0.15) is 0 Å². The van der Waals surface area contributed by atoms with Crippen molar-refractivity contribution >= 4 is 28.8 Å². The molecule has 2 rings (SSSR count). The first kappa shape index (κ1) is 14.8. The molecule has 0 saturated carbocycles. The third-order valence-electron chi connectivity index (χ3n) is 2.58. The molecule has 0 radical (unpaired) electrons. The number of hydrogen-bond acceptors (Lipinski definition) is 4. The van der Waals surface area contributed by atoms with Crippen molar-refractivity contribution in [3.8, 4) is 0 Å². The normalized spacial score (nSPS) is 11.2. The molecule has 21 heavy (non-hydrogen) atoms. The smallest absolute Gasteiger partial charge is 0.413 e. The monoisotopic (exact) mass is 288 g/mol. The van der Waals surface area contributed by atoms with E-state index in [1.54, 1.807) is 45.0 Å². The second kappa shape index (κ2) is 5.40. The molecule has 110 valence electrons. The Hall–Kier alpha value is -2.63. The maximum absolute atomic E-state index is 11.7. The van der Waals surface area contributed by atoms with Gasteiger partial charge in [0.05, 0.1) is 11.1 Å². The summed E-state index contributed by atoms with van der Waals surface area (Å²) < 4.78 is 5.12. The molecule has 0 aliphatic rings. The van der Waals surface area contributed by atoms with Gasteiger partial charge in [0.2, 0.25) is 0 Å². The van der Waals surface area contributed by atoms with Gasteiger partial charge in [0.25, 0.3) is 0 Å². The number of carboxylic acids is 1. The molecule has 0 saturated heterocycles. The predicted octanol–water partition coefficient (Wildman–Crippen LogP) is 3.28. The van der Waals surface area contributed by atoms with Crippen LogP contribution in [-0.4, -0.2) is 27.8 Å². The van der Waals surface area contributed by atoms with Gasteiger partial charge < -0.3 is 9.84 Å². The third kappa shape index (κ3) is 3.68. The molecule has 1 aromatic carbocycles. The second-order valence-corrected chi connectivity index (χ2v) is 5.50. The number of carboxylic acid groups (broad SMARTS) is 1. The molecule has 6 nitrogen and oxygen atoms in total. The highest BCUT2D eigenvalue weighted by molar-refractivity contribution is 6.04. The molecular formula is C15H16N2O4. The number of carbonyl (C=O) groups excluding carboxylic acids is 1. The van der Waals surface area contributed by atoms with Crippen molar-refractivity contribution in [1.29, 1.82) is 0 Å². The Morgan fingerprint density at radius 1 is 1.24 bits per heavy atom. The number of carbonyl (C=O) groups is 2. The number of amides is 1. The van der Waals surface area contributed by atoms with E-state index in [4.69, 9.17) is 4.74 Å².